The topological polar surface area (TPSA) is 49.4 Å². The van der Waals surface area contributed by atoms with E-state index >= 15 is 0 Å². The van der Waals surface area contributed by atoms with E-state index in [1.54, 1.807) is 48.5 Å². The van der Waals surface area contributed by atoms with Crippen LogP contribution in [0.5, 0.6) is 0 Å². The molecule has 3 rings (SSSR count). The summed E-state index contributed by atoms with van der Waals surface area (Å²) < 4.78 is 0. The van der Waals surface area contributed by atoms with Crippen LogP contribution in [0.15, 0.2) is 48.5 Å². The molecule has 2 aromatic carbocycles. The van der Waals surface area contributed by atoms with Gasteiger partial charge in [-0.15, -0.1) is 0 Å². The molecule has 1 aliphatic heterocycles. The van der Waals surface area contributed by atoms with Gasteiger partial charge in [-0.25, -0.2) is 0 Å². The van der Waals surface area contributed by atoms with Gasteiger partial charge >= 0.3 is 0 Å². The third-order valence-corrected chi connectivity index (χ3v) is 4.23. The Kier molecular flexibility index (Phi) is 4.63. The number of hydrogen-bond acceptors (Lipinski definition) is 2. The SMILES string of the molecule is O=C(Nc1ccc(C(=O)N2CCCC2)cc1)c1ccccc1Cl. The largest absolute Gasteiger partial charge is 0.339 e. The van der Waals surface area contributed by atoms with Gasteiger partial charge in [0.25, 0.3) is 11.8 Å². The van der Waals surface area contributed by atoms with Crippen LogP contribution in [0.1, 0.15) is 33.6 Å². The number of nitrogens with one attached hydrogen (secondary N) is 1. The first-order valence-electron chi connectivity index (χ1n) is 7.60. The molecule has 1 aliphatic rings. The second-order valence-electron chi connectivity index (χ2n) is 5.51. The molecule has 2 aromatic rings. The lowest BCUT2D eigenvalue weighted by atomic mass is 10.1. The van der Waals surface area contributed by atoms with Crippen molar-refractivity contribution < 1.29 is 9.59 Å². The third kappa shape index (κ3) is 3.54. The maximum absolute atomic E-state index is 12.3. The van der Waals surface area contributed by atoms with Crippen LogP contribution < -0.4 is 5.32 Å². The van der Waals surface area contributed by atoms with Crippen molar-refractivity contribution in [1.82, 2.24) is 4.90 Å². The minimum absolute atomic E-state index is 0.0477. The van der Waals surface area contributed by atoms with Crippen molar-refractivity contribution in [3.8, 4) is 0 Å². The highest BCUT2D eigenvalue weighted by Gasteiger charge is 2.19. The van der Waals surface area contributed by atoms with Crippen LogP contribution in [0.3, 0.4) is 0 Å². The summed E-state index contributed by atoms with van der Waals surface area (Å²) in [6.45, 7) is 1.65. The first-order valence-corrected chi connectivity index (χ1v) is 7.98. The van der Waals surface area contributed by atoms with E-state index in [1.807, 2.05) is 4.90 Å². The number of likely N-dealkylation sites (tertiary alicyclic amines) is 1. The third-order valence-electron chi connectivity index (χ3n) is 3.90. The van der Waals surface area contributed by atoms with E-state index in [2.05, 4.69) is 5.32 Å². The van der Waals surface area contributed by atoms with Crippen molar-refractivity contribution in [2.75, 3.05) is 18.4 Å². The lowest BCUT2D eigenvalue weighted by Crippen LogP contribution is -2.27. The van der Waals surface area contributed by atoms with Crippen molar-refractivity contribution >= 4 is 29.1 Å². The van der Waals surface area contributed by atoms with Crippen molar-refractivity contribution in [1.29, 1.82) is 0 Å². The minimum atomic E-state index is -0.269. The molecule has 0 atom stereocenters. The van der Waals surface area contributed by atoms with Crippen molar-refractivity contribution in [3.05, 3.63) is 64.7 Å². The molecule has 5 heteroatoms. The maximum Gasteiger partial charge on any atom is 0.257 e. The van der Waals surface area contributed by atoms with Gasteiger partial charge in [0.2, 0.25) is 0 Å². The molecule has 1 fully saturated rings. The molecule has 23 heavy (non-hydrogen) atoms. The summed E-state index contributed by atoms with van der Waals surface area (Å²) in [5, 5.41) is 3.19. The molecule has 0 spiro atoms. The molecular formula is C18H17ClN2O2. The number of rotatable bonds is 3. The molecule has 4 nitrogen and oxygen atoms in total. The zero-order valence-electron chi connectivity index (χ0n) is 12.6. The molecule has 0 aromatic heterocycles. The Morgan fingerprint density at radius 2 is 1.61 bits per heavy atom. The number of carbonyl (C=O) groups excluding carboxylic acids is 2. The number of amides is 2. The van der Waals surface area contributed by atoms with Gasteiger partial charge in [0.05, 0.1) is 10.6 Å². The molecule has 1 heterocycles. The normalized spacial score (nSPS) is 13.9. The van der Waals surface area contributed by atoms with Crippen molar-refractivity contribution in [2.45, 2.75) is 12.8 Å². The fourth-order valence-corrected chi connectivity index (χ4v) is 2.86. The Balaban J connectivity index is 1.69. The van der Waals surface area contributed by atoms with Gasteiger partial charge in [0.15, 0.2) is 0 Å². The van der Waals surface area contributed by atoms with Crippen LogP contribution >= 0.6 is 11.6 Å². The molecule has 0 bridgehead atoms. The molecular weight excluding hydrogens is 312 g/mol. The van der Waals surface area contributed by atoms with E-state index in [4.69, 9.17) is 11.6 Å². The van der Waals surface area contributed by atoms with Crippen LogP contribution in [0.4, 0.5) is 5.69 Å². The van der Waals surface area contributed by atoms with Gasteiger partial charge < -0.3 is 10.2 Å². The average Bonchev–Trinajstić information content (AvgIpc) is 3.09. The molecule has 1 N–H and O–H groups in total. The highest BCUT2D eigenvalue weighted by Crippen LogP contribution is 2.19. The van der Waals surface area contributed by atoms with E-state index in [-0.39, 0.29) is 11.8 Å². The van der Waals surface area contributed by atoms with Crippen LogP contribution in [-0.4, -0.2) is 29.8 Å². The van der Waals surface area contributed by atoms with Crippen LogP contribution in [0.25, 0.3) is 0 Å². The second-order valence-corrected chi connectivity index (χ2v) is 5.92. The lowest BCUT2D eigenvalue weighted by Gasteiger charge is -2.15. The fourth-order valence-electron chi connectivity index (χ4n) is 2.64. The number of benzene rings is 2. The molecule has 0 saturated carbocycles. The monoisotopic (exact) mass is 328 g/mol. The smallest absolute Gasteiger partial charge is 0.257 e. The Labute approximate surface area is 140 Å². The quantitative estimate of drug-likeness (QED) is 0.931. The Morgan fingerprint density at radius 1 is 0.957 bits per heavy atom. The summed E-state index contributed by atoms with van der Waals surface area (Å²) in [6, 6.07) is 13.8. The van der Waals surface area contributed by atoms with Gasteiger partial charge in [0.1, 0.15) is 0 Å². The first-order chi connectivity index (χ1) is 11.1. The summed E-state index contributed by atoms with van der Waals surface area (Å²) >= 11 is 6.01. The minimum Gasteiger partial charge on any atom is -0.339 e. The van der Waals surface area contributed by atoms with Crippen LogP contribution in [0.2, 0.25) is 5.02 Å². The number of halogens is 1. The zero-order chi connectivity index (χ0) is 16.2. The Bertz CT molecular complexity index is 722. The van der Waals surface area contributed by atoms with Gasteiger partial charge in [-0.3, -0.25) is 9.59 Å². The number of anilines is 1. The summed E-state index contributed by atoms with van der Waals surface area (Å²) in [4.78, 5) is 26.3. The van der Waals surface area contributed by atoms with Crippen LogP contribution in [0, 0.1) is 0 Å². The molecule has 0 aliphatic carbocycles. The molecule has 118 valence electrons. The Morgan fingerprint density at radius 3 is 2.26 bits per heavy atom. The summed E-state index contributed by atoms with van der Waals surface area (Å²) in [5.74, 6) is -0.222. The average molecular weight is 329 g/mol. The number of nitrogens with zero attached hydrogens (tertiary/aromatic N) is 1. The van der Waals surface area contributed by atoms with E-state index in [0.29, 0.717) is 21.8 Å². The predicted molar refractivity (Wildman–Crippen MR) is 91.0 cm³/mol. The van der Waals surface area contributed by atoms with Gasteiger partial charge in [-0.1, -0.05) is 23.7 Å². The summed E-state index contributed by atoms with van der Waals surface area (Å²) in [6.07, 6.45) is 2.13. The number of carbonyl (C=O) groups is 2. The van der Waals surface area contributed by atoms with Gasteiger partial charge in [-0.05, 0) is 49.2 Å². The predicted octanol–water partition coefficient (Wildman–Crippen LogP) is 3.83. The van der Waals surface area contributed by atoms with E-state index in [1.165, 1.54) is 0 Å². The molecule has 0 unspecified atom stereocenters. The van der Waals surface area contributed by atoms with Gasteiger partial charge in [-0.2, -0.15) is 0 Å². The Hall–Kier alpha value is -2.33. The van der Waals surface area contributed by atoms with E-state index in [9.17, 15) is 9.59 Å². The number of hydrogen-bond donors (Lipinski definition) is 1. The van der Waals surface area contributed by atoms with E-state index in [0.717, 1.165) is 25.9 Å². The highest BCUT2D eigenvalue weighted by atomic mass is 35.5. The standard InChI is InChI=1S/C18H17ClN2O2/c19-16-6-2-1-5-15(16)17(22)20-14-9-7-13(8-10-14)18(23)21-11-3-4-12-21/h1-2,5-10H,3-4,11-12H2,(H,20,22). The fraction of sp³-hybridized carbons (Fsp3) is 0.222. The molecule has 2 amide bonds. The van der Waals surface area contributed by atoms with Crippen molar-refractivity contribution in [3.63, 3.8) is 0 Å². The van der Waals surface area contributed by atoms with E-state index < -0.39 is 0 Å². The highest BCUT2D eigenvalue weighted by molar-refractivity contribution is 6.34. The first kappa shape index (κ1) is 15.6. The maximum atomic E-state index is 12.3. The zero-order valence-corrected chi connectivity index (χ0v) is 13.3. The van der Waals surface area contributed by atoms with Crippen molar-refractivity contribution in [2.24, 2.45) is 0 Å². The lowest BCUT2D eigenvalue weighted by molar-refractivity contribution is 0.0792. The van der Waals surface area contributed by atoms with Gasteiger partial charge in [0, 0.05) is 24.3 Å². The second kappa shape index (κ2) is 6.84. The molecule has 0 radical (unpaired) electrons. The summed E-state index contributed by atoms with van der Waals surface area (Å²) in [7, 11) is 0. The van der Waals surface area contributed by atoms with Crippen LogP contribution in [-0.2, 0) is 0 Å². The molecule has 1 saturated heterocycles. The summed E-state index contributed by atoms with van der Waals surface area (Å²) in [5.41, 5.74) is 1.70.